The zero-order valence-electron chi connectivity index (χ0n) is 8.71. The smallest absolute Gasteiger partial charge is 0.200 e. The van der Waals surface area contributed by atoms with Gasteiger partial charge in [0.25, 0.3) is 0 Å². The maximum atomic E-state index is 13.1. The molecule has 0 aliphatic heterocycles. The highest BCUT2D eigenvalue weighted by atomic mass is 32.1. The molecule has 1 rings (SSSR count). The minimum absolute atomic E-state index is 0.0599. The van der Waals surface area contributed by atoms with Crippen molar-refractivity contribution in [3.05, 3.63) is 29.8 Å². The summed E-state index contributed by atoms with van der Waals surface area (Å²) < 4.78 is 31.0. The third kappa shape index (κ3) is 4.10. The second-order valence-corrected chi connectivity index (χ2v) is 3.85. The minimum Gasteiger partial charge on any atom is -0.490 e. The van der Waals surface area contributed by atoms with E-state index in [-0.39, 0.29) is 5.75 Å². The fourth-order valence-electron chi connectivity index (χ4n) is 1.18. The number of benzene rings is 1. The van der Waals surface area contributed by atoms with Crippen LogP contribution >= 0.6 is 12.2 Å². The van der Waals surface area contributed by atoms with Crippen LogP contribution in [0.15, 0.2) is 18.2 Å². The minimum atomic E-state index is -0.947. The summed E-state index contributed by atoms with van der Waals surface area (Å²) in [4.78, 5) is 0.455. The number of halogens is 2. The van der Waals surface area contributed by atoms with E-state index in [0.29, 0.717) is 24.4 Å². The number of ether oxygens (including phenoxy) is 1. The van der Waals surface area contributed by atoms with Gasteiger partial charge < -0.3 is 10.5 Å². The molecule has 0 aromatic heterocycles. The topological polar surface area (TPSA) is 35.2 Å². The summed E-state index contributed by atoms with van der Waals surface area (Å²) in [6, 6.07) is 3.85. The number of hydrogen-bond donors (Lipinski definition) is 1. The molecule has 2 N–H and O–H groups in total. The summed E-state index contributed by atoms with van der Waals surface area (Å²) in [6.07, 6.45) is 2.13. The van der Waals surface area contributed by atoms with Crippen molar-refractivity contribution in [2.24, 2.45) is 5.73 Å². The zero-order chi connectivity index (χ0) is 12.0. The highest BCUT2D eigenvalue weighted by Gasteiger charge is 2.07. The van der Waals surface area contributed by atoms with Crippen LogP contribution in [0.2, 0.25) is 0 Å². The van der Waals surface area contributed by atoms with Gasteiger partial charge in [-0.1, -0.05) is 18.3 Å². The Morgan fingerprint density at radius 1 is 1.31 bits per heavy atom. The van der Waals surface area contributed by atoms with Crippen molar-refractivity contribution >= 4 is 17.2 Å². The summed E-state index contributed by atoms with van der Waals surface area (Å²) in [7, 11) is 0. The van der Waals surface area contributed by atoms with Crippen molar-refractivity contribution in [3.8, 4) is 5.75 Å². The summed E-state index contributed by atoms with van der Waals surface area (Å²) in [6.45, 7) is 0.322. The van der Waals surface area contributed by atoms with Gasteiger partial charge in [-0.25, -0.2) is 4.39 Å². The maximum absolute atomic E-state index is 13.1. The van der Waals surface area contributed by atoms with Gasteiger partial charge in [0.1, 0.15) is 0 Å². The predicted octanol–water partition coefficient (Wildman–Crippen LogP) is 2.80. The quantitative estimate of drug-likeness (QED) is 0.618. The van der Waals surface area contributed by atoms with Crippen LogP contribution in [0.5, 0.6) is 5.75 Å². The molecule has 2 nitrogen and oxygen atoms in total. The Bertz CT molecular complexity index is 371. The summed E-state index contributed by atoms with van der Waals surface area (Å²) in [5, 5.41) is 0. The number of rotatable bonds is 6. The van der Waals surface area contributed by atoms with Crippen molar-refractivity contribution < 1.29 is 13.5 Å². The van der Waals surface area contributed by atoms with Crippen molar-refractivity contribution in [2.45, 2.75) is 19.3 Å². The Balaban J connectivity index is 2.32. The van der Waals surface area contributed by atoms with Gasteiger partial charge >= 0.3 is 0 Å². The summed E-state index contributed by atoms with van der Waals surface area (Å²) >= 11 is 4.70. The highest BCUT2D eigenvalue weighted by Crippen LogP contribution is 2.19. The standard InChI is InChI=1S/C11H13F2NOS/c12-8-4-3-5-9(11(8)13)15-7-2-1-6-10(14)16/h3-5H,1-2,6-7H2,(H2,14,16). The van der Waals surface area contributed by atoms with Gasteiger partial charge in [-0.05, 0) is 31.4 Å². The molecule has 0 bridgehead atoms. The lowest BCUT2D eigenvalue weighted by molar-refractivity contribution is 0.287. The zero-order valence-corrected chi connectivity index (χ0v) is 9.53. The Kier molecular flexibility index (Phi) is 5.11. The first-order valence-corrected chi connectivity index (χ1v) is 5.37. The van der Waals surface area contributed by atoms with Crippen LogP contribution in [0, 0.1) is 11.6 Å². The van der Waals surface area contributed by atoms with E-state index < -0.39 is 11.6 Å². The molecule has 88 valence electrons. The average molecular weight is 245 g/mol. The van der Waals surface area contributed by atoms with Gasteiger partial charge in [-0.15, -0.1) is 0 Å². The van der Waals surface area contributed by atoms with Crippen LogP contribution in [0.4, 0.5) is 8.78 Å². The van der Waals surface area contributed by atoms with Gasteiger partial charge in [0, 0.05) is 0 Å². The molecule has 0 saturated carbocycles. The molecule has 5 heteroatoms. The van der Waals surface area contributed by atoms with Gasteiger partial charge in [-0.2, -0.15) is 4.39 Å². The van der Waals surface area contributed by atoms with Crippen molar-refractivity contribution in [3.63, 3.8) is 0 Å². The van der Waals surface area contributed by atoms with Crippen molar-refractivity contribution in [2.75, 3.05) is 6.61 Å². The highest BCUT2D eigenvalue weighted by molar-refractivity contribution is 7.80. The molecule has 0 unspecified atom stereocenters. The first kappa shape index (κ1) is 12.8. The van der Waals surface area contributed by atoms with Crippen molar-refractivity contribution in [1.82, 2.24) is 0 Å². The van der Waals surface area contributed by atoms with Gasteiger partial charge in [0.2, 0.25) is 5.82 Å². The molecule has 0 fully saturated rings. The SMILES string of the molecule is NC(=S)CCCCOc1cccc(F)c1F. The van der Waals surface area contributed by atoms with E-state index in [9.17, 15) is 8.78 Å². The maximum Gasteiger partial charge on any atom is 0.200 e. The van der Waals surface area contributed by atoms with Crippen LogP contribution in [-0.2, 0) is 0 Å². The number of unbranched alkanes of at least 4 members (excludes halogenated alkanes) is 1. The lowest BCUT2D eigenvalue weighted by Crippen LogP contribution is -2.08. The molecule has 16 heavy (non-hydrogen) atoms. The first-order chi connectivity index (χ1) is 7.61. The third-order valence-corrected chi connectivity index (χ3v) is 2.20. The second kappa shape index (κ2) is 6.37. The number of thiocarbonyl (C=S) groups is 1. The number of hydrogen-bond acceptors (Lipinski definition) is 2. The largest absolute Gasteiger partial charge is 0.490 e. The Morgan fingerprint density at radius 2 is 2.06 bits per heavy atom. The Morgan fingerprint density at radius 3 is 2.75 bits per heavy atom. The normalized spacial score (nSPS) is 10.1. The van der Waals surface area contributed by atoms with Crippen molar-refractivity contribution in [1.29, 1.82) is 0 Å². The Labute approximate surface area is 98.4 Å². The van der Waals surface area contributed by atoms with E-state index in [4.69, 9.17) is 22.7 Å². The molecule has 0 spiro atoms. The van der Waals surface area contributed by atoms with E-state index in [2.05, 4.69) is 0 Å². The van der Waals surface area contributed by atoms with E-state index in [1.165, 1.54) is 12.1 Å². The summed E-state index contributed by atoms with van der Waals surface area (Å²) in [5.74, 6) is -1.91. The molecule has 0 heterocycles. The average Bonchev–Trinajstić information content (AvgIpc) is 2.23. The molecule has 0 aliphatic carbocycles. The third-order valence-electron chi connectivity index (χ3n) is 1.99. The van der Waals surface area contributed by atoms with Gasteiger partial charge in [0.15, 0.2) is 11.6 Å². The molecule has 0 radical (unpaired) electrons. The van der Waals surface area contributed by atoms with E-state index in [0.717, 1.165) is 12.5 Å². The molecule has 1 aromatic carbocycles. The summed E-state index contributed by atoms with van der Waals surface area (Å²) in [5.41, 5.74) is 5.31. The molecule has 0 aliphatic rings. The molecular formula is C11H13F2NOS. The van der Waals surface area contributed by atoms with Crippen LogP contribution in [0.1, 0.15) is 19.3 Å². The molecule has 1 aromatic rings. The van der Waals surface area contributed by atoms with E-state index in [1.807, 2.05) is 0 Å². The lowest BCUT2D eigenvalue weighted by Gasteiger charge is -2.06. The van der Waals surface area contributed by atoms with Crippen LogP contribution in [0.3, 0.4) is 0 Å². The fraction of sp³-hybridized carbons (Fsp3) is 0.364. The second-order valence-electron chi connectivity index (χ2n) is 3.32. The fourth-order valence-corrected chi connectivity index (χ4v) is 1.32. The van der Waals surface area contributed by atoms with Crippen LogP contribution in [0.25, 0.3) is 0 Å². The van der Waals surface area contributed by atoms with Gasteiger partial charge in [0.05, 0.1) is 11.6 Å². The molecule has 0 atom stereocenters. The Hall–Kier alpha value is -1.23. The van der Waals surface area contributed by atoms with E-state index in [1.54, 1.807) is 0 Å². The molecule has 0 amide bonds. The monoisotopic (exact) mass is 245 g/mol. The molecular weight excluding hydrogens is 232 g/mol. The van der Waals surface area contributed by atoms with Gasteiger partial charge in [-0.3, -0.25) is 0 Å². The lowest BCUT2D eigenvalue weighted by atomic mass is 10.2. The first-order valence-electron chi connectivity index (χ1n) is 4.96. The van der Waals surface area contributed by atoms with Crippen LogP contribution in [-0.4, -0.2) is 11.6 Å². The van der Waals surface area contributed by atoms with Crippen LogP contribution < -0.4 is 10.5 Å². The van der Waals surface area contributed by atoms with E-state index >= 15 is 0 Å². The number of nitrogens with two attached hydrogens (primary N) is 1. The molecule has 0 saturated heterocycles. The predicted molar refractivity (Wildman–Crippen MR) is 62.5 cm³/mol.